The number of amidine groups is 1. The summed E-state index contributed by atoms with van der Waals surface area (Å²) in [5.74, 6) is 0.668. The molecule has 2 aromatic rings. The number of aromatic nitrogens is 3. The molecule has 0 radical (unpaired) electrons. The molecular formula is C13H14BrN5. The van der Waals surface area contributed by atoms with Crippen LogP contribution in [0.25, 0.3) is 5.82 Å². The predicted molar refractivity (Wildman–Crippen MR) is 76.7 cm³/mol. The summed E-state index contributed by atoms with van der Waals surface area (Å²) in [7, 11) is 0. The van der Waals surface area contributed by atoms with Gasteiger partial charge >= 0.3 is 0 Å². The molecule has 1 aliphatic carbocycles. The van der Waals surface area contributed by atoms with Gasteiger partial charge in [-0.1, -0.05) is 0 Å². The summed E-state index contributed by atoms with van der Waals surface area (Å²) < 4.78 is 2.54. The van der Waals surface area contributed by atoms with Crippen LogP contribution in [0.1, 0.15) is 29.7 Å². The van der Waals surface area contributed by atoms with Gasteiger partial charge in [-0.15, -0.1) is 0 Å². The maximum Gasteiger partial charge on any atom is 0.164 e. The average Bonchev–Trinajstić information content (AvgIpc) is 2.83. The Labute approximate surface area is 119 Å². The average molecular weight is 320 g/mol. The third kappa shape index (κ3) is 2.28. The van der Waals surface area contributed by atoms with Gasteiger partial charge in [0.25, 0.3) is 0 Å². The highest BCUT2D eigenvalue weighted by atomic mass is 79.9. The molecular weight excluding hydrogens is 306 g/mol. The molecule has 0 saturated carbocycles. The number of nitrogen functional groups attached to an aromatic ring is 1. The van der Waals surface area contributed by atoms with Crippen molar-refractivity contribution in [2.45, 2.75) is 25.7 Å². The van der Waals surface area contributed by atoms with Crippen LogP contribution in [0.15, 0.2) is 22.9 Å². The van der Waals surface area contributed by atoms with Gasteiger partial charge < -0.3 is 5.73 Å². The van der Waals surface area contributed by atoms with E-state index in [-0.39, 0.29) is 5.84 Å². The highest BCUT2D eigenvalue weighted by molar-refractivity contribution is 9.10. The summed E-state index contributed by atoms with van der Waals surface area (Å²) in [5, 5.41) is 12.0. The first kappa shape index (κ1) is 12.3. The van der Waals surface area contributed by atoms with Crippen molar-refractivity contribution in [3.63, 3.8) is 0 Å². The van der Waals surface area contributed by atoms with Gasteiger partial charge in [-0.3, -0.25) is 5.41 Å². The first-order valence-corrected chi connectivity index (χ1v) is 7.02. The molecule has 5 nitrogen and oxygen atoms in total. The van der Waals surface area contributed by atoms with Crippen molar-refractivity contribution in [2.75, 3.05) is 0 Å². The van der Waals surface area contributed by atoms with Crippen molar-refractivity contribution in [3.05, 3.63) is 39.8 Å². The Morgan fingerprint density at radius 1 is 1.37 bits per heavy atom. The molecule has 0 aliphatic heterocycles. The molecule has 0 atom stereocenters. The molecule has 6 heteroatoms. The Hall–Kier alpha value is -1.69. The van der Waals surface area contributed by atoms with Crippen molar-refractivity contribution in [1.29, 1.82) is 5.41 Å². The first-order chi connectivity index (χ1) is 9.15. The van der Waals surface area contributed by atoms with E-state index in [1.165, 1.54) is 18.4 Å². The summed E-state index contributed by atoms with van der Waals surface area (Å²) in [5.41, 5.74) is 8.66. The number of hydrogen-bond acceptors (Lipinski definition) is 3. The SMILES string of the molecule is N=C(N)c1cc2c(nc1-n1cc(Br)cn1)CCCC2. The molecule has 0 unspecified atom stereocenters. The number of aryl methyl sites for hydroxylation is 2. The van der Waals surface area contributed by atoms with Crippen LogP contribution < -0.4 is 5.73 Å². The van der Waals surface area contributed by atoms with E-state index in [9.17, 15) is 0 Å². The lowest BCUT2D eigenvalue weighted by Crippen LogP contribution is -2.19. The van der Waals surface area contributed by atoms with E-state index in [4.69, 9.17) is 11.1 Å². The molecule has 2 heterocycles. The van der Waals surface area contributed by atoms with Crippen LogP contribution in [-0.2, 0) is 12.8 Å². The molecule has 0 fully saturated rings. The summed E-state index contributed by atoms with van der Waals surface area (Å²) in [4.78, 5) is 4.68. The smallest absolute Gasteiger partial charge is 0.164 e. The third-order valence-electron chi connectivity index (χ3n) is 3.34. The number of pyridine rings is 1. The van der Waals surface area contributed by atoms with Gasteiger partial charge in [0.05, 0.1) is 16.2 Å². The van der Waals surface area contributed by atoms with Crippen molar-refractivity contribution in [2.24, 2.45) is 5.73 Å². The number of nitrogens with one attached hydrogen (secondary N) is 1. The Bertz CT molecular complexity index is 646. The fourth-order valence-corrected chi connectivity index (χ4v) is 2.70. The highest BCUT2D eigenvalue weighted by Crippen LogP contribution is 2.24. The fourth-order valence-electron chi connectivity index (χ4n) is 2.41. The van der Waals surface area contributed by atoms with Crippen LogP contribution in [0.3, 0.4) is 0 Å². The summed E-state index contributed by atoms with van der Waals surface area (Å²) in [6.45, 7) is 0. The molecule has 3 rings (SSSR count). The van der Waals surface area contributed by atoms with Gasteiger partial charge in [-0.05, 0) is 53.2 Å². The van der Waals surface area contributed by atoms with Crippen LogP contribution >= 0.6 is 15.9 Å². The standard InChI is InChI=1S/C13H14BrN5/c14-9-6-17-19(7-9)13-10(12(15)16)5-8-3-1-2-4-11(8)18-13/h5-7H,1-4H2,(H3,15,16). The van der Waals surface area contributed by atoms with E-state index in [1.807, 2.05) is 12.3 Å². The van der Waals surface area contributed by atoms with E-state index in [0.717, 1.165) is 23.0 Å². The molecule has 0 bridgehead atoms. The zero-order chi connectivity index (χ0) is 13.4. The lowest BCUT2D eigenvalue weighted by atomic mass is 9.94. The van der Waals surface area contributed by atoms with E-state index in [0.29, 0.717) is 11.4 Å². The second-order valence-corrected chi connectivity index (χ2v) is 5.60. The van der Waals surface area contributed by atoms with E-state index in [2.05, 4.69) is 26.0 Å². The second-order valence-electron chi connectivity index (χ2n) is 4.69. The number of halogens is 1. The maximum atomic E-state index is 7.73. The molecule has 1 aliphatic rings. The number of rotatable bonds is 2. The monoisotopic (exact) mass is 319 g/mol. The summed E-state index contributed by atoms with van der Waals surface area (Å²) in [6.07, 6.45) is 7.88. The van der Waals surface area contributed by atoms with Crippen LogP contribution in [0.5, 0.6) is 0 Å². The molecule has 0 saturated heterocycles. The van der Waals surface area contributed by atoms with Crippen LogP contribution in [0, 0.1) is 5.41 Å². The Kier molecular flexibility index (Phi) is 3.10. The minimum Gasteiger partial charge on any atom is -0.384 e. The minimum absolute atomic E-state index is 0.0301. The van der Waals surface area contributed by atoms with Gasteiger partial charge in [0.1, 0.15) is 5.84 Å². The van der Waals surface area contributed by atoms with Crippen LogP contribution in [0.4, 0.5) is 0 Å². The van der Waals surface area contributed by atoms with E-state index < -0.39 is 0 Å². The van der Waals surface area contributed by atoms with Crippen molar-refractivity contribution >= 4 is 21.8 Å². The largest absolute Gasteiger partial charge is 0.384 e. The molecule has 2 aromatic heterocycles. The van der Waals surface area contributed by atoms with Crippen LogP contribution in [-0.4, -0.2) is 20.6 Å². The predicted octanol–water partition coefficient (Wildman–Crippen LogP) is 2.19. The van der Waals surface area contributed by atoms with Gasteiger partial charge in [-0.25, -0.2) is 9.67 Å². The highest BCUT2D eigenvalue weighted by Gasteiger charge is 2.18. The number of nitrogens with zero attached hydrogens (tertiary/aromatic N) is 3. The third-order valence-corrected chi connectivity index (χ3v) is 3.75. The number of nitrogens with two attached hydrogens (primary N) is 1. The first-order valence-electron chi connectivity index (χ1n) is 6.23. The van der Waals surface area contributed by atoms with E-state index >= 15 is 0 Å². The van der Waals surface area contributed by atoms with Gasteiger partial charge in [0, 0.05) is 11.9 Å². The van der Waals surface area contributed by atoms with Gasteiger partial charge in [0.15, 0.2) is 5.82 Å². The Balaban J connectivity index is 2.18. The lowest BCUT2D eigenvalue weighted by molar-refractivity contribution is 0.661. The van der Waals surface area contributed by atoms with Crippen molar-refractivity contribution in [1.82, 2.24) is 14.8 Å². The zero-order valence-electron chi connectivity index (χ0n) is 10.4. The number of fused-ring (bicyclic) bond motifs is 1. The fraction of sp³-hybridized carbons (Fsp3) is 0.308. The van der Waals surface area contributed by atoms with Crippen molar-refractivity contribution < 1.29 is 0 Å². The Morgan fingerprint density at radius 2 is 2.16 bits per heavy atom. The van der Waals surface area contributed by atoms with Gasteiger partial charge in [-0.2, -0.15) is 5.10 Å². The molecule has 0 aromatic carbocycles. The zero-order valence-corrected chi connectivity index (χ0v) is 11.9. The summed E-state index contributed by atoms with van der Waals surface area (Å²) in [6, 6.07) is 1.99. The quantitative estimate of drug-likeness (QED) is 0.657. The molecule has 19 heavy (non-hydrogen) atoms. The number of hydrogen-bond donors (Lipinski definition) is 2. The van der Waals surface area contributed by atoms with Gasteiger partial charge in [0.2, 0.25) is 0 Å². The second kappa shape index (κ2) is 4.77. The van der Waals surface area contributed by atoms with Crippen molar-refractivity contribution in [3.8, 4) is 5.82 Å². The molecule has 98 valence electrons. The lowest BCUT2D eigenvalue weighted by Gasteiger charge is -2.18. The molecule has 0 amide bonds. The van der Waals surface area contributed by atoms with E-state index in [1.54, 1.807) is 10.9 Å². The normalized spacial score (nSPS) is 14.2. The maximum absolute atomic E-state index is 7.73. The van der Waals surface area contributed by atoms with Crippen LogP contribution in [0.2, 0.25) is 0 Å². The molecule has 3 N–H and O–H groups in total. The topological polar surface area (TPSA) is 80.6 Å². The Morgan fingerprint density at radius 3 is 2.84 bits per heavy atom. The summed E-state index contributed by atoms with van der Waals surface area (Å²) >= 11 is 3.37. The molecule has 0 spiro atoms. The minimum atomic E-state index is 0.0301.